The van der Waals surface area contributed by atoms with E-state index in [9.17, 15) is 0 Å². The Bertz CT molecular complexity index is 3160. The summed E-state index contributed by atoms with van der Waals surface area (Å²) in [4.78, 5) is 10.5. The van der Waals surface area contributed by atoms with Gasteiger partial charge in [0.05, 0.1) is 51.0 Å². The predicted molar refractivity (Wildman–Crippen MR) is 209 cm³/mol. The molecule has 1 atom stereocenters. The Morgan fingerprint density at radius 1 is 0.569 bits per heavy atom. The largest absolute Gasteiger partial charge is 0.385 e. The highest BCUT2D eigenvalue weighted by Gasteiger charge is 2.29. The third-order valence-corrected chi connectivity index (χ3v) is 10.9. The minimum absolute atomic E-state index is 0.312. The molecule has 4 aromatic heterocycles. The molecule has 2 aliphatic rings. The first-order valence-electron chi connectivity index (χ1n) is 17.4. The summed E-state index contributed by atoms with van der Waals surface area (Å²) in [6.45, 7) is 0.708. The van der Waals surface area contributed by atoms with Gasteiger partial charge in [0, 0.05) is 37.9 Å². The molecule has 7 nitrogen and oxygen atoms in total. The van der Waals surface area contributed by atoms with E-state index >= 15 is 0 Å². The van der Waals surface area contributed by atoms with Gasteiger partial charge in [0.15, 0.2) is 5.84 Å². The van der Waals surface area contributed by atoms with E-state index < -0.39 is 0 Å². The molecular weight excluding hydrogens is 627 g/mol. The molecule has 0 radical (unpaired) electrons. The maximum Gasteiger partial charge on any atom is 0.211 e. The highest BCUT2D eigenvalue weighted by molar-refractivity contribution is 6.34. The quantitative estimate of drug-likeness (QED) is 0.195. The molecule has 0 spiro atoms. The summed E-state index contributed by atoms with van der Waals surface area (Å²) in [7, 11) is 0. The third-order valence-electron chi connectivity index (χ3n) is 10.9. The van der Waals surface area contributed by atoms with Crippen LogP contribution in [0.3, 0.4) is 0 Å². The van der Waals surface area contributed by atoms with Crippen LogP contribution in [0, 0.1) is 0 Å². The molecule has 240 valence electrons. The molecule has 51 heavy (non-hydrogen) atoms. The molecule has 6 aromatic carbocycles. The van der Waals surface area contributed by atoms with Crippen molar-refractivity contribution in [3.63, 3.8) is 0 Å². The van der Waals surface area contributed by atoms with Crippen LogP contribution in [0.5, 0.6) is 0 Å². The molecule has 0 saturated heterocycles. The van der Waals surface area contributed by atoms with E-state index in [0.29, 0.717) is 12.4 Å². The zero-order valence-electron chi connectivity index (χ0n) is 27.4. The van der Waals surface area contributed by atoms with Gasteiger partial charge in [-0.25, -0.2) is 4.99 Å². The van der Waals surface area contributed by atoms with Gasteiger partial charge in [-0.3, -0.25) is 4.57 Å². The number of hydrogen-bond donors (Lipinski definition) is 2. The van der Waals surface area contributed by atoms with Crippen LogP contribution < -0.4 is 10.6 Å². The highest BCUT2D eigenvalue weighted by Crippen LogP contribution is 2.45. The van der Waals surface area contributed by atoms with Crippen molar-refractivity contribution in [2.45, 2.75) is 12.7 Å². The molecule has 0 fully saturated rings. The normalized spacial score (nSPS) is 16.0. The first-order chi connectivity index (χ1) is 25.3. The SMILES string of the molecule is C1=Cc2c(n3c4ccccc4c4ccc5c(c6c(ccc7c8ccccc8n2c76)n5C2=NC(c5ccccc5)=NC(c5ccccc5)N2)c43)CN1. The number of fused-ring (bicyclic) bond motifs is 9. The van der Waals surface area contributed by atoms with Crippen molar-refractivity contribution in [2.75, 3.05) is 0 Å². The minimum atomic E-state index is -0.312. The second kappa shape index (κ2) is 9.86. The third kappa shape index (κ3) is 3.51. The second-order valence-electron chi connectivity index (χ2n) is 13.5. The van der Waals surface area contributed by atoms with Gasteiger partial charge in [-0.1, -0.05) is 109 Å². The summed E-state index contributed by atoms with van der Waals surface area (Å²) in [6, 6.07) is 47.6. The lowest BCUT2D eigenvalue weighted by molar-refractivity contribution is 0.661. The van der Waals surface area contributed by atoms with Crippen LogP contribution in [0.1, 0.15) is 28.7 Å². The number of para-hydroxylation sites is 2. The Hall–Kier alpha value is -6.86. The van der Waals surface area contributed by atoms with Gasteiger partial charge in [0.25, 0.3) is 0 Å². The van der Waals surface area contributed by atoms with Gasteiger partial charge in [-0.15, -0.1) is 0 Å². The van der Waals surface area contributed by atoms with Gasteiger partial charge in [0.1, 0.15) is 6.17 Å². The van der Waals surface area contributed by atoms with Gasteiger partial charge in [-0.05, 0) is 42.1 Å². The number of aliphatic imine (C=N–C) groups is 2. The van der Waals surface area contributed by atoms with Crippen molar-refractivity contribution in [2.24, 2.45) is 9.98 Å². The smallest absolute Gasteiger partial charge is 0.211 e. The zero-order chi connectivity index (χ0) is 33.2. The van der Waals surface area contributed by atoms with Crippen LogP contribution >= 0.6 is 0 Å². The van der Waals surface area contributed by atoms with E-state index in [-0.39, 0.29) is 6.17 Å². The molecular formula is C44H29N7. The lowest BCUT2D eigenvalue weighted by Crippen LogP contribution is -2.37. The van der Waals surface area contributed by atoms with Crippen molar-refractivity contribution in [1.29, 1.82) is 0 Å². The molecule has 0 bridgehead atoms. The summed E-state index contributed by atoms with van der Waals surface area (Å²) >= 11 is 0. The molecule has 12 rings (SSSR count). The zero-order valence-corrected chi connectivity index (χ0v) is 27.4. The van der Waals surface area contributed by atoms with Crippen LogP contribution in [-0.4, -0.2) is 25.2 Å². The van der Waals surface area contributed by atoms with E-state index in [0.717, 1.165) is 28.1 Å². The summed E-state index contributed by atoms with van der Waals surface area (Å²) in [5.41, 5.74) is 11.5. The summed E-state index contributed by atoms with van der Waals surface area (Å²) < 4.78 is 7.35. The number of amidine groups is 1. The van der Waals surface area contributed by atoms with Crippen LogP contribution in [-0.2, 0) is 6.54 Å². The van der Waals surface area contributed by atoms with E-state index in [1.807, 2.05) is 24.3 Å². The number of benzene rings is 6. The molecule has 10 aromatic rings. The fraction of sp³-hybridized carbons (Fsp3) is 0.0455. The standard InChI is InChI=1S/C44H29N7/c1-3-11-26(12-4-1)42-46-43(27-13-5-2-6-14-27)48-44(47-42)51-35-21-19-30-28-15-7-9-17-32(28)49-34-23-24-45-25-37(34)50-33-18-10-8-16-29(33)31-20-22-36(51)39(41(31)50)38(35)40(30)49/h1-24,42,45H,25H2,(H,46,47,48). The monoisotopic (exact) mass is 655 g/mol. The predicted octanol–water partition coefficient (Wildman–Crippen LogP) is 9.22. The number of hydrogen-bond acceptors (Lipinski definition) is 4. The van der Waals surface area contributed by atoms with Gasteiger partial charge in [-0.2, -0.15) is 4.99 Å². The van der Waals surface area contributed by atoms with Crippen LogP contribution in [0.2, 0.25) is 0 Å². The lowest BCUT2D eigenvalue weighted by atomic mass is 10.0. The average molecular weight is 656 g/mol. The summed E-state index contributed by atoms with van der Waals surface area (Å²) in [5.74, 6) is 1.46. The minimum Gasteiger partial charge on any atom is -0.385 e. The molecule has 6 heterocycles. The average Bonchev–Trinajstić information content (AvgIpc) is 3.83. The van der Waals surface area contributed by atoms with Crippen molar-refractivity contribution in [3.8, 4) is 0 Å². The molecule has 7 heteroatoms. The highest BCUT2D eigenvalue weighted by atomic mass is 15.3. The number of rotatable bonds is 2. The fourth-order valence-electron chi connectivity index (χ4n) is 8.80. The van der Waals surface area contributed by atoms with E-state index in [1.165, 1.54) is 65.8 Å². The fourth-order valence-corrected chi connectivity index (χ4v) is 8.80. The first-order valence-corrected chi connectivity index (χ1v) is 17.4. The van der Waals surface area contributed by atoms with Gasteiger partial charge < -0.3 is 19.4 Å². The maximum absolute atomic E-state index is 5.32. The van der Waals surface area contributed by atoms with Crippen molar-refractivity contribution in [1.82, 2.24) is 24.0 Å². The Morgan fingerprint density at radius 2 is 1.18 bits per heavy atom. The van der Waals surface area contributed by atoms with Crippen LogP contribution in [0.4, 0.5) is 0 Å². The molecule has 0 aliphatic carbocycles. The molecule has 2 N–H and O–H groups in total. The molecule has 1 unspecified atom stereocenters. The Morgan fingerprint density at radius 3 is 1.88 bits per heavy atom. The topological polar surface area (TPSA) is 62.5 Å². The van der Waals surface area contributed by atoms with Crippen LogP contribution in [0.25, 0.3) is 71.5 Å². The van der Waals surface area contributed by atoms with E-state index in [2.05, 4.69) is 145 Å². The van der Waals surface area contributed by atoms with Crippen molar-refractivity contribution in [3.05, 3.63) is 162 Å². The lowest BCUT2D eigenvalue weighted by Gasteiger charge is -2.24. The Kier molecular flexibility index (Phi) is 5.22. The van der Waals surface area contributed by atoms with E-state index in [1.54, 1.807) is 0 Å². The maximum atomic E-state index is 5.32. The molecule has 0 amide bonds. The number of aromatic nitrogens is 3. The summed E-state index contributed by atoms with van der Waals surface area (Å²) in [6.07, 6.45) is 4.02. The van der Waals surface area contributed by atoms with Crippen molar-refractivity contribution < 1.29 is 0 Å². The van der Waals surface area contributed by atoms with Gasteiger partial charge >= 0.3 is 0 Å². The second-order valence-corrected chi connectivity index (χ2v) is 13.5. The Labute approximate surface area is 291 Å². The number of nitrogens with zero attached hydrogens (tertiary/aromatic N) is 5. The van der Waals surface area contributed by atoms with Crippen molar-refractivity contribution >= 4 is 83.3 Å². The van der Waals surface area contributed by atoms with Gasteiger partial charge in [0.2, 0.25) is 5.96 Å². The first kappa shape index (κ1) is 27.0. The Balaban J connectivity index is 1.30. The summed E-state index contributed by atoms with van der Waals surface area (Å²) in [5, 5.41) is 14.8. The van der Waals surface area contributed by atoms with E-state index in [4.69, 9.17) is 9.98 Å². The number of nitrogens with one attached hydrogen (secondary N) is 2. The van der Waals surface area contributed by atoms with Crippen LogP contribution in [0.15, 0.2) is 150 Å². The molecule has 0 saturated carbocycles. The molecule has 2 aliphatic heterocycles.